The molecule has 3 N–H and O–H groups in total. The average molecular weight is 372 g/mol. The number of hydrogen-bond acceptors (Lipinski definition) is 6. The van der Waals surface area contributed by atoms with Gasteiger partial charge in [0, 0.05) is 19.7 Å². The summed E-state index contributed by atoms with van der Waals surface area (Å²) in [5, 5.41) is 13.5. The third-order valence-corrected chi connectivity index (χ3v) is 3.59. The van der Waals surface area contributed by atoms with Crippen molar-refractivity contribution in [1.82, 2.24) is 25.8 Å². The second-order valence-corrected chi connectivity index (χ2v) is 5.69. The van der Waals surface area contributed by atoms with Crippen molar-refractivity contribution in [2.75, 3.05) is 19.7 Å². The van der Waals surface area contributed by atoms with E-state index >= 15 is 0 Å². The molecule has 0 aromatic carbocycles. The van der Waals surface area contributed by atoms with Gasteiger partial charge in [-0.15, -0.1) is 5.10 Å². The van der Waals surface area contributed by atoms with Gasteiger partial charge in [0.1, 0.15) is 24.7 Å². The van der Waals surface area contributed by atoms with Crippen molar-refractivity contribution in [3.8, 4) is 11.6 Å². The molecule has 0 aliphatic heterocycles. The fourth-order valence-electron chi connectivity index (χ4n) is 2.33. The fourth-order valence-corrected chi connectivity index (χ4v) is 2.33. The Labute approximate surface area is 157 Å². The standard InChI is InChI=1S/C18H24N6O3/c1-2-19-18(20-8-5-9-25-13-14-6-3-10-26-14)21-12-16-22-17(24-23-16)15-7-4-11-27-15/h3-4,6-7,10-11H,2,5,8-9,12-13H2,1H3,(H2,19,20,21)(H,22,23,24). The minimum atomic E-state index is 0.387. The van der Waals surface area contributed by atoms with E-state index in [1.165, 1.54) is 0 Å². The highest BCUT2D eigenvalue weighted by atomic mass is 16.5. The number of furan rings is 2. The highest BCUT2D eigenvalue weighted by Crippen LogP contribution is 2.14. The lowest BCUT2D eigenvalue weighted by Crippen LogP contribution is -2.38. The Hall–Kier alpha value is -3.07. The maximum atomic E-state index is 5.56. The maximum absolute atomic E-state index is 5.56. The summed E-state index contributed by atoms with van der Waals surface area (Å²) in [6, 6.07) is 7.37. The molecule has 0 atom stereocenters. The molecule has 0 amide bonds. The molecule has 0 fully saturated rings. The molecule has 9 nitrogen and oxygen atoms in total. The lowest BCUT2D eigenvalue weighted by atomic mass is 10.4. The summed E-state index contributed by atoms with van der Waals surface area (Å²) in [4.78, 5) is 8.89. The predicted molar refractivity (Wildman–Crippen MR) is 99.9 cm³/mol. The largest absolute Gasteiger partial charge is 0.467 e. The number of rotatable bonds is 10. The van der Waals surface area contributed by atoms with Crippen molar-refractivity contribution in [2.24, 2.45) is 4.99 Å². The van der Waals surface area contributed by atoms with Crippen LogP contribution in [0.2, 0.25) is 0 Å². The van der Waals surface area contributed by atoms with Crippen molar-refractivity contribution >= 4 is 5.96 Å². The first-order valence-corrected chi connectivity index (χ1v) is 8.92. The summed E-state index contributed by atoms with van der Waals surface area (Å²) >= 11 is 0. The summed E-state index contributed by atoms with van der Waals surface area (Å²) in [5.74, 6) is 3.37. The zero-order chi connectivity index (χ0) is 18.7. The van der Waals surface area contributed by atoms with Gasteiger partial charge in [0.25, 0.3) is 0 Å². The first kappa shape index (κ1) is 18.7. The second-order valence-electron chi connectivity index (χ2n) is 5.69. The zero-order valence-corrected chi connectivity index (χ0v) is 15.3. The maximum Gasteiger partial charge on any atom is 0.216 e. The summed E-state index contributed by atoms with van der Waals surface area (Å²) in [5.41, 5.74) is 0. The minimum absolute atomic E-state index is 0.387. The summed E-state index contributed by atoms with van der Waals surface area (Å²) in [6.45, 7) is 5.06. The van der Waals surface area contributed by atoms with E-state index < -0.39 is 0 Å². The van der Waals surface area contributed by atoms with Crippen LogP contribution in [0.1, 0.15) is 24.9 Å². The van der Waals surface area contributed by atoms with Crippen LogP contribution in [0, 0.1) is 0 Å². The molecular formula is C18H24N6O3. The number of aromatic nitrogens is 3. The number of aliphatic imine (C=N–C) groups is 1. The van der Waals surface area contributed by atoms with E-state index in [0.29, 0.717) is 37.2 Å². The summed E-state index contributed by atoms with van der Waals surface area (Å²) in [7, 11) is 0. The molecule has 3 rings (SSSR count). The molecule has 0 radical (unpaired) electrons. The van der Waals surface area contributed by atoms with Crippen LogP contribution in [0.5, 0.6) is 0 Å². The molecule has 0 aliphatic rings. The van der Waals surface area contributed by atoms with Gasteiger partial charge in [-0.25, -0.2) is 9.98 Å². The Morgan fingerprint density at radius 3 is 2.89 bits per heavy atom. The smallest absolute Gasteiger partial charge is 0.216 e. The molecule has 9 heteroatoms. The fraction of sp³-hybridized carbons (Fsp3) is 0.389. The van der Waals surface area contributed by atoms with Gasteiger partial charge < -0.3 is 24.2 Å². The number of nitrogens with zero attached hydrogens (tertiary/aromatic N) is 3. The molecule has 0 bridgehead atoms. The van der Waals surface area contributed by atoms with Gasteiger partial charge in [0.15, 0.2) is 11.7 Å². The number of ether oxygens (including phenoxy) is 1. The molecule has 144 valence electrons. The quantitative estimate of drug-likeness (QED) is 0.284. The van der Waals surface area contributed by atoms with Gasteiger partial charge in [-0.2, -0.15) is 0 Å². The van der Waals surface area contributed by atoms with E-state index in [0.717, 1.165) is 31.2 Å². The van der Waals surface area contributed by atoms with Gasteiger partial charge in [-0.05, 0) is 37.6 Å². The monoisotopic (exact) mass is 372 g/mol. The SMILES string of the molecule is CCNC(=NCc1nc(-c2ccco2)n[nH]1)NCCCOCc1ccco1. The van der Waals surface area contributed by atoms with Crippen LogP contribution in [0.4, 0.5) is 0 Å². The Morgan fingerprint density at radius 2 is 2.11 bits per heavy atom. The Bertz CT molecular complexity index is 795. The molecular weight excluding hydrogens is 348 g/mol. The summed E-state index contributed by atoms with van der Waals surface area (Å²) < 4.78 is 16.1. The lowest BCUT2D eigenvalue weighted by Gasteiger charge is -2.10. The van der Waals surface area contributed by atoms with E-state index in [2.05, 4.69) is 30.8 Å². The summed E-state index contributed by atoms with van der Waals surface area (Å²) in [6.07, 6.45) is 4.09. The van der Waals surface area contributed by atoms with Crippen molar-refractivity contribution in [3.63, 3.8) is 0 Å². The normalized spacial score (nSPS) is 11.7. The van der Waals surface area contributed by atoms with Crippen molar-refractivity contribution < 1.29 is 13.6 Å². The number of guanidine groups is 1. The van der Waals surface area contributed by atoms with Gasteiger partial charge in [-0.1, -0.05) is 0 Å². The lowest BCUT2D eigenvalue weighted by molar-refractivity contribution is 0.105. The number of aromatic amines is 1. The molecule has 3 aromatic rings. The van der Waals surface area contributed by atoms with E-state index in [1.807, 2.05) is 25.1 Å². The number of hydrogen-bond donors (Lipinski definition) is 3. The molecule has 0 saturated heterocycles. The highest BCUT2D eigenvalue weighted by Gasteiger charge is 2.08. The van der Waals surface area contributed by atoms with Gasteiger partial charge >= 0.3 is 0 Å². The van der Waals surface area contributed by atoms with Crippen molar-refractivity contribution in [1.29, 1.82) is 0 Å². The Morgan fingerprint density at radius 1 is 1.22 bits per heavy atom. The first-order valence-electron chi connectivity index (χ1n) is 8.92. The number of H-pyrrole nitrogens is 1. The predicted octanol–water partition coefficient (Wildman–Crippen LogP) is 2.32. The highest BCUT2D eigenvalue weighted by molar-refractivity contribution is 5.79. The Kier molecular flexibility index (Phi) is 7.05. The van der Waals surface area contributed by atoms with Crippen LogP contribution < -0.4 is 10.6 Å². The molecule has 0 spiro atoms. The minimum Gasteiger partial charge on any atom is -0.467 e. The number of nitrogens with one attached hydrogen (secondary N) is 3. The van der Waals surface area contributed by atoms with Crippen LogP contribution in [0.15, 0.2) is 50.6 Å². The van der Waals surface area contributed by atoms with Crippen molar-refractivity contribution in [2.45, 2.75) is 26.5 Å². The van der Waals surface area contributed by atoms with E-state index in [1.54, 1.807) is 18.6 Å². The van der Waals surface area contributed by atoms with E-state index in [-0.39, 0.29) is 0 Å². The molecule has 3 heterocycles. The second kappa shape index (κ2) is 10.2. The van der Waals surface area contributed by atoms with Crippen LogP contribution in [-0.4, -0.2) is 40.8 Å². The molecule has 3 aromatic heterocycles. The van der Waals surface area contributed by atoms with Crippen LogP contribution in [-0.2, 0) is 17.9 Å². The third-order valence-electron chi connectivity index (χ3n) is 3.59. The Balaban J connectivity index is 1.39. The zero-order valence-electron chi connectivity index (χ0n) is 15.3. The average Bonchev–Trinajstić information content (AvgIpc) is 3.44. The van der Waals surface area contributed by atoms with Crippen LogP contribution in [0.3, 0.4) is 0 Å². The van der Waals surface area contributed by atoms with Gasteiger partial charge in [0.2, 0.25) is 5.82 Å². The topological polar surface area (TPSA) is 114 Å². The van der Waals surface area contributed by atoms with Crippen molar-refractivity contribution in [3.05, 3.63) is 48.4 Å². The first-order chi connectivity index (χ1) is 13.3. The van der Waals surface area contributed by atoms with Gasteiger partial charge in [-0.3, -0.25) is 5.10 Å². The van der Waals surface area contributed by atoms with Gasteiger partial charge in [0.05, 0.1) is 12.5 Å². The van der Waals surface area contributed by atoms with Crippen LogP contribution >= 0.6 is 0 Å². The third kappa shape index (κ3) is 6.00. The molecule has 0 unspecified atom stereocenters. The molecule has 27 heavy (non-hydrogen) atoms. The van der Waals surface area contributed by atoms with Crippen LogP contribution in [0.25, 0.3) is 11.6 Å². The van der Waals surface area contributed by atoms with E-state index in [9.17, 15) is 0 Å². The van der Waals surface area contributed by atoms with E-state index in [4.69, 9.17) is 13.6 Å². The molecule has 0 saturated carbocycles. The molecule has 0 aliphatic carbocycles.